The number of aromatic nitrogens is 2. The van der Waals surface area contributed by atoms with E-state index in [0.717, 1.165) is 35.3 Å². The van der Waals surface area contributed by atoms with Crippen molar-refractivity contribution in [3.8, 4) is 0 Å². The van der Waals surface area contributed by atoms with Gasteiger partial charge in [-0.25, -0.2) is 9.55 Å². The second kappa shape index (κ2) is 44.8. The Morgan fingerprint density at radius 1 is 0.709 bits per heavy atom. The zero-order valence-corrected chi connectivity index (χ0v) is 79.6. The summed E-state index contributed by atoms with van der Waals surface area (Å²) in [4.78, 5) is 151. The molecule has 2 aromatic carbocycles. The molecule has 2 unspecified atom stereocenters. The normalized spacial score (nSPS) is 28.5. The first-order chi connectivity index (χ1) is 58.5. The average Bonchev–Trinajstić information content (AvgIpc) is 1.52. The van der Waals surface area contributed by atoms with E-state index in [1.807, 2.05) is 92.7 Å². The fourth-order valence-electron chi connectivity index (χ4n) is 20.2. The summed E-state index contributed by atoms with van der Waals surface area (Å²) in [5.41, 5.74) is 40.5. The van der Waals surface area contributed by atoms with Gasteiger partial charge in [0.25, 0.3) is 0 Å². The first-order valence-electron chi connectivity index (χ1n) is 44.0. The Hall–Kier alpha value is -8.67. The Bertz CT molecular complexity index is 4950. The van der Waals surface area contributed by atoms with Crippen LogP contribution in [0.1, 0.15) is 277 Å². The Balaban J connectivity index is 0.000000564. The number of nitrogens with one attached hydrogen (secondary N) is 1. The van der Waals surface area contributed by atoms with Gasteiger partial charge in [-0.15, -0.1) is 12.4 Å². The number of fused-ring (bicyclic) bond motifs is 8. The molecule has 6 aliphatic heterocycles. The first kappa shape index (κ1) is 107. The molecule has 10 rings (SSSR count). The van der Waals surface area contributed by atoms with Gasteiger partial charge in [0, 0.05) is 131 Å². The second-order valence-electron chi connectivity index (χ2n) is 37.9. The van der Waals surface area contributed by atoms with Gasteiger partial charge in [0.1, 0.15) is 18.3 Å². The number of hydrogen-bond donors (Lipinski definition) is 10. The number of ether oxygens (including phenoxy) is 1. The van der Waals surface area contributed by atoms with Gasteiger partial charge in [0.05, 0.1) is 41.3 Å². The molecule has 127 heavy (non-hydrogen) atoms. The molecule has 698 valence electrons. The number of phosphoric ester groups is 1. The summed E-state index contributed by atoms with van der Waals surface area (Å²) in [5.74, 6) is -4.86. The number of ketones is 2. The predicted molar refractivity (Wildman–Crippen MR) is 487 cm³/mol. The molecule has 7 heterocycles. The Morgan fingerprint density at radius 2 is 1.27 bits per heavy atom. The van der Waals surface area contributed by atoms with Crippen LogP contribution >= 0.6 is 20.2 Å². The molecule has 7 amide bonds. The van der Waals surface area contributed by atoms with Crippen LogP contribution in [0.3, 0.4) is 0 Å². The maximum atomic E-state index is 14.4. The van der Waals surface area contributed by atoms with Crippen LogP contribution in [0.5, 0.6) is 0 Å². The maximum absolute atomic E-state index is 14.4. The van der Waals surface area contributed by atoms with E-state index in [2.05, 4.69) is 51.0 Å². The number of phosphoric acid groups is 1. The minimum atomic E-state index is -5.07. The summed E-state index contributed by atoms with van der Waals surface area (Å²) in [6, 6.07) is 9.86. The monoisotopic (exact) mass is 1840 g/mol. The van der Waals surface area contributed by atoms with Crippen LogP contribution in [0.2, 0.25) is 0 Å². The maximum Gasteiger partial charge on any atom is 3.00 e. The van der Waals surface area contributed by atoms with Crippen molar-refractivity contribution in [3.05, 3.63) is 134 Å². The quantitative estimate of drug-likeness (QED) is 0.0144. The molecule has 1 aliphatic carbocycles. The number of primary amides is 6. The number of aliphatic imine (C=N–C) groups is 3. The topological polar surface area (TPSA) is 520 Å². The molecule has 7 aliphatic rings. The van der Waals surface area contributed by atoms with E-state index in [1.54, 1.807) is 30.5 Å². The molecule has 3 aromatic rings. The van der Waals surface area contributed by atoms with E-state index >= 15 is 0 Å². The van der Waals surface area contributed by atoms with Crippen molar-refractivity contribution in [2.75, 3.05) is 13.2 Å². The molecular weight excluding hydrogens is 1710 g/mol. The number of aryl methyl sites for hydroxylation is 2. The van der Waals surface area contributed by atoms with E-state index < -0.39 is 143 Å². The number of aliphatic hydroxyl groups excluding tert-OH is 2. The van der Waals surface area contributed by atoms with Crippen LogP contribution in [0.4, 0.5) is 0 Å². The molecule has 0 spiro atoms. The van der Waals surface area contributed by atoms with Crippen molar-refractivity contribution in [2.45, 2.75) is 295 Å². The number of amides is 7. The third-order valence-electron chi connectivity index (χ3n) is 27.8. The van der Waals surface area contributed by atoms with Gasteiger partial charge in [-0.1, -0.05) is 149 Å². The number of rotatable bonds is 40. The summed E-state index contributed by atoms with van der Waals surface area (Å²) in [5, 5.41) is 36.5. The fourth-order valence-corrected chi connectivity index (χ4v) is 21.4. The summed E-state index contributed by atoms with van der Waals surface area (Å²) >= 11 is 0. The number of carbonyl (C=O) groups excluding carboxylic acids is 9. The van der Waals surface area contributed by atoms with Gasteiger partial charge in [-0.2, -0.15) is 5.70 Å². The van der Waals surface area contributed by atoms with Gasteiger partial charge < -0.3 is 81.3 Å². The third kappa shape index (κ3) is 24.5. The molecule has 0 radical (unpaired) electrons. The number of allylic oxidation sites excluding steroid dienone is 10. The third-order valence-corrected chi connectivity index (χ3v) is 28.9. The molecule has 33 heteroatoms. The van der Waals surface area contributed by atoms with Crippen LogP contribution < -0.4 is 39.7 Å². The summed E-state index contributed by atoms with van der Waals surface area (Å²) in [6.07, 6.45) is 9.94. The van der Waals surface area contributed by atoms with Crippen molar-refractivity contribution in [1.82, 2.24) is 14.9 Å². The first-order valence-corrected chi connectivity index (χ1v) is 45.5. The van der Waals surface area contributed by atoms with Crippen molar-refractivity contribution < 1.29 is 93.4 Å². The molecule has 0 saturated carbocycles. The van der Waals surface area contributed by atoms with Gasteiger partial charge in [-0.05, 0) is 170 Å². The fraction of sp³-hybridized carbons (Fsp3) is 0.617. The molecule has 16 N–H and O–H groups in total. The Morgan fingerprint density at radius 3 is 1.83 bits per heavy atom. The van der Waals surface area contributed by atoms with E-state index in [1.165, 1.54) is 70.2 Å². The van der Waals surface area contributed by atoms with Gasteiger partial charge >= 0.3 is 24.6 Å². The number of imidazole rings is 1. The number of nitrogens with zero attached hydrogens (tertiary/aromatic N) is 7. The number of halogens is 1. The number of benzene rings is 2. The smallest absolute Gasteiger partial charge is 0.682 e. The standard InChI is InChI=1S/C62H90N13O14P.C31H46O2.CN.ClH.Co/c1-29-20-39-40(21-30(29)2)75(28-70-39)57-52(84)53(41(27-76)87-57)89-90(85,86)88-31(3)26-69-49(83)18-19-59(8)37(22-46(66)80)56-62(11)61(10,25-48(68)82)36(14-17-45(65)79)51(74-62)33(5)55-60(9,24-47(67)81)34(12-15-43(63)77)38(71-55)23-42-58(6,7)35(13-16-44(64)78)50(72-42)32(4)54(59)73-56;1-22(2)12-9-13-23(3)14-10-15-24(4)16-11-17-25(5)20-21-27-26(6)30(32)28-18-7-8-19-29(28)31(27)33;1-2;;/h20-21,23,28,31,34-37,41,52-53,56-57,76,84H,12-19,22,24-27H2,1-11H3,(H15,63,64,65,66,67,68,69,71,72,73,74,77,78,79,80,81,82,83,85,86);7-8,18-20,22-24H,9-17,21H2,1-6H3;;1H;/q;;-1;;+3/p-1/t31-,34-,35-,36-,37+,41+,52-,53+,56-,57+,59-,60+,61+,62+;;;;/m1..../s1. The summed E-state index contributed by atoms with van der Waals surface area (Å²) in [6.45, 7) is 37.3. The number of Topliss-reactive ketones (excluding diaryl/α,β-unsaturated/α-hetero) is 2. The largest absolute Gasteiger partial charge is 3.00 e. The Kier molecular flexibility index (Phi) is 37.7. The van der Waals surface area contributed by atoms with Crippen LogP contribution in [0.15, 0.2) is 115 Å². The van der Waals surface area contributed by atoms with E-state index in [0.29, 0.717) is 85.1 Å². The van der Waals surface area contributed by atoms with Crippen molar-refractivity contribution in [1.29, 1.82) is 5.26 Å². The Labute approximate surface area is 764 Å². The molecule has 30 nitrogen and oxygen atoms in total. The molecule has 1 aromatic heterocycles. The zero-order chi connectivity index (χ0) is 93.1. The predicted octanol–water partition coefficient (Wildman–Crippen LogP) is 13.6. The number of hydrogen-bond acceptors (Lipinski definition) is 20. The van der Waals surface area contributed by atoms with Gasteiger partial charge in [0.15, 0.2) is 17.8 Å². The average molecular weight is 1840 g/mol. The second-order valence-corrected chi connectivity index (χ2v) is 39.3. The molecule has 8 bridgehead atoms. The van der Waals surface area contributed by atoms with Crippen molar-refractivity contribution in [3.63, 3.8) is 0 Å². The minimum Gasteiger partial charge on any atom is -0.682 e. The van der Waals surface area contributed by atoms with Crippen molar-refractivity contribution >= 4 is 101 Å². The number of aliphatic hydroxyl groups is 2. The SMILES string of the molecule is C/C1=C2/[N-][C@H]([C@H](CC(N)=O)[C@@]2(C)CCC(=O)NC[C@@H](C)O[P@@](=O)(O)O[C@@H]2[C@@H](O)[C@@H](n3cnc4cc(C)c(C)cc43)O[C@H]2CO)[C@]2(C)N=C(/C(C)=C3N=C(/C=C4N=C1[C@@H](CCC(N)=O)C\4(C)C)[C@@H](CCC(N)=O)[C@]\3(C)CC(N)=O)[C@@H](CCC(N)=O)[C@]2(C)CC(N)=O.CC(=CCC1=C(C)C(=O)c2ccccc2C1=O)CCCC(C)CCCC(C)CCCC(C)C.Cl.[C-]#N.[Co+3]. The number of nitrogens with two attached hydrogens (primary N) is 6. The summed E-state index contributed by atoms with van der Waals surface area (Å²) in [7, 11) is -5.07. The van der Waals surface area contributed by atoms with Crippen LogP contribution in [0.25, 0.3) is 16.4 Å². The molecule has 2 fully saturated rings. The van der Waals surface area contributed by atoms with Gasteiger partial charge in [-0.3, -0.25) is 67.2 Å². The minimum absolute atomic E-state index is 0. The van der Waals surface area contributed by atoms with E-state index in [9.17, 15) is 62.8 Å². The van der Waals surface area contributed by atoms with E-state index in [-0.39, 0.29) is 118 Å². The van der Waals surface area contributed by atoms with Crippen LogP contribution in [0, 0.1) is 88.8 Å². The van der Waals surface area contributed by atoms with E-state index in [4.69, 9.17) is 80.3 Å². The molecular formula is C94H136ClCoN14O16P+. The summed E-state index contributed by atoms with van der Waals surface area (Å²) < 4.78 is 32.3. The van der Waals surface area contributed by atoms with Crippen LogP contribution in [-0.4, -0.2) is 144 Å². The van der Waals surface area contributed by atoms with Gasteiger partial charge in [0.2, 0.25) is 41.4 Å². The molecule has 2 saturated heterocycles. The van der Waals surface area contributed by atoms with Crippen LogP contribution in [-0.2, 0) is 68.7 Å². The number of carbonyl (C=O) groups is 9. The zero-order valence-electron chi connectivity index (χ0n) is 76.9. The van der Waals surface area contributed by atoms with Crippen molar-refractivity contribution in [2.24, 2.45) is 112 Å². The molecule has 17 atom stereocenters.